The molecule has 1 spiro atoms. The number of amides is 2. The first-order valence-corrected chi connectivity index (χ1v) is 15.1. The van der Waals surface area contributed by atoms with Gasteiger partial charge in [-0.05, 0) is 76.8 Å². The Bertz CT molecular complexity index is 1150. The van der Waals surface area contributed by atoms with Crippen molar-refractivity contribution in [2.24, 2.45) is 11.8 Å². The fourth-order valence-electron chi connectivity index (χ4n) is 7.06. The number of halogens is 1. The van der Waals surface area contributed by atoms with Gasteiger partial charge in [0.25, 0.3) is 5.91 Å². The van der Waals surface area contributed by atoms with Crippen molar-refractivity contribution in [2.75, 3.05) is 31.2 Å². The van der Waals surface area contributed by atoms with E-state index >= 15 is 0 Å². The summed E-state index contributed by atoms with van der Waals surface area (Å²) in [5, 5.41) is 9.71. The van der Waals surface area contributed by atoms with Crippen molar-refractivity contribution in [2.45, 2.75) is 82.5 Å². The zero-order valence-electron chi connectivity index (χ0n) is 24.3. The number of esters is 1. The number of aliphatic hydroxyl groups excluding tert-OH is 1. The summed E-state index contributed by atoms with van der Waals surface area (Å²) in [6, 6.07) is 4.52. The van der Waals surface area contributed by atoms with Crippen LogP contribution in [0, 0.1) is 18.8 Å². The van der Waals surface area contributed by atoms with Crippen LogP contribution in [-0.2, 0) is 23.9 Å². The van der Waals surface area contributed by atoms with Crippen molar-refractivity contribution < 1.29 is 29.0 Å². The zero-order valence-corrected chi connectivity index (χ0v) is 25.0. The van der Waals surface area contributed by atoms with E-state index in [0.29, 0.717) is 55.8 Å². The number of ether oxygens (including phenoxy) is 2. The average molecular weight is 587 g/mol. The fraction of sp³-hybridized carbons (Fsp3) is 0.594. The highest BCUT2D eigenvalue weighted by Crippen LogP contribution is 2.63. The van der Waals surface area contributed by atoms with Gasteiger partial charge < -0.3 is 24.4 Å². The highest BCUT2D eigenvalue weighted by atomic mass is 35.5. The summed E-state index contributed by atoms with van der Waals surface area (Å²) >= 11 is 6.62. The largest absolute Gasteiger partial charge is 0.465 e. The molecule has 9 heteroatoms. The van der Waals surface area contributed by atoms with Crippen LogP contribution in [0.2, 0.25) is 5.02 Å². The van der Waals surface area contributed by atoms with Gasteiger partial charge in [-0.15, -0.1) is 13.2 Å². The minimum Gasteiger partial charge on any atom is -0.465 e. The first kappa shape index (κ1) is 31.3. The van der Waals surface area contributed by atoms with Gasteiger partial charge in [0.1, 0.15) is 17.6 Å². The number of anilines is 1. The number of para-hydroxylation sites is 1. The van der Waals surface area contributed by atoms with Crippen LogP contribution in [0.3, 0.4) is 0 Å². The average Bonchev–Trinajstić information content (AvgIpc) is 3.50. The van der Waals surface area contributed by atoms with Crippen LogP contribution in [0.4, 0.5) is 5.69 Å². The fourth-order valence-corrected chi connectivity index (χ4v) is 7.38. The molecule has 2 bridgehead atoms. The number of benzene rings is 1. The number of nitrogens with zero attached hydrogens (tertiary/aromatic N) is 2. The minimum absolute atomic E-state index is 0.0595. The lowest BCUT2D eigenvalue weighted by Gasteiger charge is -2.37. The molecule has 224 valence electrons. The van der Waals surface area contributed by atoms with E-state index < -0.39 is 35.0 Å². The van der Waals surface area contributed by atoms with Gasteiger partial charge >= 0.3 is 5.97 Å². The van der Waals surface area contributed by atoms with Gasteiger partial charge in [0.05, 0.1) is 28.8 Å². The molecule has 8 nitrogen and oxygen atoms in total. The van der Waals surface area contributed by atoms with Crippen molar-refractivity contribution in [3.05, 3.63) is 54.1 Å². The van der Waals surface area contributed by atoms with E-state index in [2.05, 4.69) is 13.2 Å². The van der Waals surface area contributed by atoms with Crippen LogP contribution in [0.15, 0.2) is 43.5 Å². The molecule has 0 radical (unpaired) electrons. The summed E-state index contributed by atoms with van der Waals surface area (Å²) in [5.74, 6) is -2.60. The quantitative estimate of drug-likeness (QED) is 0.177. The highest BCUT2D eigenvalue weighted by Gasteiger charge is 2.78. The molecule has 0 aromatic heterocycles. The van der Waals surface area contributed by atoms with E-state index in [1.807, 2.05) is 32.1 Å². The summed E-state index contributed by atoms with van der Waals surface area (Å²) in [5.41, 5.74) is -0.659. The van der Waals surface area contributed by atoms with Crippen LogP contribution in [0.5, 0.6) is 0 Å². The monoisotopic (exact) mass is 586 g/mol. The lowest BCUT2D eigenvalue weighted by molar-refractivity contribution is -0.159. The number of aliphatic hydroxyl groups is 1. The van der Waals surface area contributed by atoms with Gasteiger partial charge in [-0.2, -0.15) is 0 Å². The number of hydrogen-bond donors (Lipinski definition) is 1. The third-order valence-electron chi connectivity index (χ3n) is 8.90. The number of fused-ring (bicyclic) bond motifs is 1. The summed E-state index contributed by atoms with van der Waals surface area (Å²) in [4.78, 5) is 45.6. The molecular weight excluding hydrogens is 544 g/mol. The normalized spacial score (nSPS) is 28.0. The van der Waals surface area contributed by atoms with Gasteiger partial charge in [0.2, 0.25) is 5.91 Å². The SMILES string of the molecule is C=CCCCCOC(=O)[C@@H]1[C@H]2C(=O)N(CCCCCO)C(C(=O)N(CC=C)c3c(C)cccc3Cl)C23CC[C@@]1(C)O3. The summed E-state index contributed by atoms with van der Waals surface area (Å²) in [6.07, 6.45) is 8.82. The Morgan fingerprint density at radius 1 is 1.20 bits per heavy atom. The van der Waals surface area contributed by atoms with Crippen molar-refractivity contribution in [1.82, 2.24) is 4.90 Å². The number of allylic oxidation sites excluding steroid dienone is 1. The van der Waals surface area contributed by atoms with Gasteiger partial charge in [-0.25, -0.2) is 0 Å². The second-order valence-electron chi connectivity index (χ2n) is 11.6. The summed E-state index contributed by atoms with van der Waals surface area (Å²) in [6.45, 7) is 12.2. The topological polar surface area (TPSA) is 96.4 Å². The molecule has 2 unspecified atom stereocenters. The van der Waals surface area contributed by atoms with Crippen LogP contribution in [0.1, 0.15) is 63.9 Å². The number of aryl methyl sites for hydroxylation is 1. The molecule has 3 fully saturated rings. The molecule has 4 rings (SSSR count). The molecule has 1 aromatic carbocycles. The second-order valence-corrected chi connectivity index (χ2v) is 12.0. The standard InChI is InChI=1S/C32H43ClN2O6/c1-5-7-8-12-21-40-30(39)25-24-28(37)35(19-10-9-11-20-36)27(32(24)17-16-31(25,4)41-32)29(38)34(18-6-2)26-22(3)14-13-15-23(26)33/h5-6,13-15,24-25,27,36H,1-2,7-12,16-21H2,3-4H3/t24-,25-,27?,31+,32?/m0/s1. The van der Waals surface area contributed by atoms with E-state index in [0.717, 1.165) is 18.4 Å². The first-order chi connectivity index (χ1) is 19.7. The predicted molar refractivity (Wildman–Crippen MR) is 159 cm³/mol. The summed E-state index contributed by atoms with van der Waals surface area (Å²) in [7, 11) is 0. The third kappa shape index (κ3) is 5.71. The number of likely N-dealkylation sites (tertiary alicyclic amines) is 1. The second kappa shape index (κ2) is 13.1. The highest BCUT2D eigenvalue weighted by molar-refractivity contribution is 6.34. The maximum atomic E-state index is 14.6. The molecule has 3 saturated heterocycles. The van der Waals surface area contributed by atoms with Crippen molar-refractivity contribution in [3.63, 3.8) is 0 Å². The molecule has 2 amide bonds. The van der Waals surface area contributed by atoms with Gasteiger partial charge in [-0.1, -0.05) is 35.9 Å². The van der Waals surface area contributed by atoms with E-state index in [1.54, 1.807) is 21.9 Å². The molecule has 1 N–H and O–H groups in total. The molecular formula is C32H43ClN2O6. The Balaban J connectivity index is 1.71. The molecule has 5 atom stereocenters. The maximum absolute atomic E-state index is 14.6. The Morgan fingerprint density at radius 3 is 2.66 bits per heavy atom. The third-order valence-corrected chi connectivity index (χ3v) is 9.21. The Kier molecular flexibility index (Phi) is 9.98. The molecule has 41 heavy (non-hydrogen) atoms. The van der Waals surface area contributed by atoms with E-state index in [9.17, 15) is 19.5 Å². The maximum Gasteiger partial charge on any atom is 0.312 e. The van der Waals surface area contributed by atoms with Gasteiger partial charge in [-0.3, -0.25) is 14.4 Å². The number of hydrogen-bond acceptors (Lipinski definition) is 6. The smallest absolute Gasteiger partial charge is 0.312 e. The van der Waals surface area contributed by atoms with Gasteiger partial charge in [0, 0.05) is 19.7 Å². The first-order valence-electron chi connectivity index (χ1n) is 14.7. The molecule has 3 heterocycles. The Morgan fingerprint density at radius 2 is 1.98 bits per heavy atom. The Hall–Kier alpha value is -2.68. The molecule has 3 aliphatic rings. The van der Waals surface area contributed by atoms with Crippen molar-refractivity contribution >= 4 is 35.1 Å². The van der Waals surface area contributed by atoms with Crippen molar-refractivity contribution in [1.29, 1.82) is 0 Å². The molecule has 0 saturated carbocycles. The van der Waals surface area contributed by atoms with E-state index in [-0.39, 0.29) is 31.6 Å². The number of carbonyl (C=O) groups is 3. The van der Waals surface area contributed by atoms with Gasteiger partial charge in [0.15, 0.2) is 0 Å². The van der Waals surface area contributed by atoms with Crippen LogP contribution in [-0.4, -0.2) is 71.3 Å². The Labute approximate surface area is 248 Å². The molecule has 3 aliphatic heterocycles. The number of carbonyl (C=O) groups excluding carboxylic acids is 3. The van der Waals surface area contributed by atoms with Crippen LogP contribution in [0.25, 0.3) is 0 Å². The predicted octanol–water partition coefficient (Wildman–Crippen LogP) is 4.99. The lowest BCUT2D eigenvalue weighted by atomic mass is 9.66. The molecule has 0 aliphatic carbocycles. The van der Waals surface area contributed by atoms with Crippen LogP contribution < -0.4 is 4.90 Å². The van der Waals surface area contributed by atoms with E-state index in [1.165, 1.54) is 0 Å². The number of rotatable bonds is 15. The molecule has 1 aromatic rings. The summed E-state index contributed by atoms with van der Waals surface area (Å²) < 4.78 is 12.4. The van der Waals surface area contributed by atoms with Crippen LogP contribution >= 0.6 is 11.6 Å². The van der Waals surface area contributed by atoms with Crippen molar-refractivity contribution in [3.8, 4) is 0 Å². The van der Waals surface area contributed by atoms with E-state index in [4.69, 9.17) is 21.1 Å². The number of unbranched alkanes of at least 4 members (excludes halogenated alkanes) is 4. The zero-order chi connectivity index (χ0) is 29.8. The minimum atomic E-state index is -1.15. The lowest BCUT2D eigenvalue weighted by Crippen LogP contribution is -2.56.